The summed E-state index contributed by atoms with van der Waals surface area (Å²) in [6.07, 6.45) is 3.54. The molecule has 0 aromatic carbocycles. The number of nitrogen functional groups attached to an aromatic ring is 1. The third-order valence-corrected chi connectivity index (χ3v) is 2.81. The zero-order chi connectivity index (χ0) is 13.9. The van der Waals surface area contributed by atoms with Gasteiger partial charge >= 0.3 is 0 Å². The zero-order valence-corrected chi connectivity index (χ0v) is 10.8. The van der Waals surface area contributed by atoms with E-state index in [0.29, 0.717) is 6.42 Å². The summed E-state index contributed by atoms with van der Waals surface area (Å²) in [6, 6.07) is 0. The fourth-order valence-electron chi connectivity index (χ4n) is 1.36. The van der Waals surface area contributed by atoms with Crippen LogP contribution >= 0.6 is 0 Å². The molecule has 1 atom stereocenters. The normalized spacial score (nSPS) is 14.1. The molecule has 0 amide bonds. The van der Waals surface area contributed by atoms with Crippen molar-refractivity contribution in [3.05, 3.63) is 12.7 Å². The van der Waals surface area contributed by atoms with Gasteiger partial charge in [-0.1, -0.05) is 6.92 Å². The number of hydrogen-bond donors (Lipinski definition) is 3. The molecule has 0 fully saturated rings. The summed E-state index contributed by atoms with van der Waals surface area (Å²) in [5.74, 6) is 0.625. The molecule has 1 unspecified atom stereocenters. The molecule has 0 aliphatic rings. The first-order chi connectivity index (χ1) is 9.06. The summed E-state index contributed by atoms with van der Waals surface area (Å²) >= 11 is 0. The smallest absolute Gasteiger partial charge is 0.258 e. The summed E-state index contributed by atoms with van der Waals surface area (Å²) in [4.78, 5) is 16.0. The maximum Gasteiger partial charge on any atom is 0.258 e. The summed E-state index contributed by atoms with van der Waals surface area (Å²) in [7, 11) is 0. The van der Waals surface area contributed by atoms with Crippen molar-refractivity contribution in [3.63, 3.8) is 0 Å². The predicted molar refractivity (Wildman–Crippen MR) is 68.6 cm³/mol. The molecule has 2 aromatic rings. The number of anilines is 2. The number of aliphatic hydroxyl groups is 1. The van der Waals surface area contributed by atoms with E-state index in [0.717, 1.165) is 0 Å². The van der Waals surface area contributed by atoms with Gasteiger partial charge in [0, 0.05) is 0 Å². The van der Waals surface area contributed by atoms with Crippen LogP contribution in [0.1, 0.15) is 20.3 Å². The van der Waals surface area contributed by atoms with E-state index < -0.39 is 5.54 Å². The van der Waals surface area contributed by atoms with E-state index in [4.69, 9.17) is 5.73 Å². The molecule has 0 saturated heterocycles. The van der Waals surface area contributed by atoms with Crippen LogP contribution in [-0.2, 0) is 0 Å². The van der Waals surface area contributed by atoms with Crippen LogP contribution in [0.4, 0.5) is 11.9 Å². The van der Waals surface area contributed by atoms with Gasteiger partial charge in [-0.25, -0.2) is 4.98 Å². The van der Waals surface area contributed by atoms with E-state index in [9.17, 15) is 5.11 Å². The van der Waals surface area contributed by atoms with Gasteiger partial charge in [-0.15, -0.1) is 0 Å². The van der Waals surface area contributed by atoms with Gasteiger partial charge in [0.15, 0.2) is 0 Å². The van der Waals surface area contributed by atoms with Crippen molar-refractivity contribution in [2.75, 3.05) is 17.7 Å². The quantitative estimate of drug-likeness (QED) is 0.666. The molecule has 2 heterocycles. The first-order valence-corrected chi connectivity index (χ1v) is 5.82. The second kappa shape index (κ2) is 5.14. The van der Waals surface area contributed by atoms with Gasteiger partial charge in [-0.05, 0) is 13.3 Å². The number of hydrogen-bond acceptors (Lipinski definition) is 8. The second-order valence-electron chi connectivity index (χ2n) is 4.35. The van der Waals surface area contributed by atoms with Gasteiger partial charge in [0.1, 0.15) is 12.7 Å². The Hall–Kier alpha value is -2.29. The monoisotopic (exact) mass is 264 g/mol. The van der Waals surface area contributed by atoms with Gasteiger partial charge in [-0.3, -0.25) is 0 Å². The van der Waals surface area contributed by atoms with Crippen molar-refractivity contribution in [1.82, 2.24) is 29.7 Å². The number of nitrogens with one attached hydrogen (secondary N) is 1. The van der Waals surface area contributed by atoms with Crippen LogP contribution in [0.25, 0.3) is 5.95 Å². The standard InChI is InChI=1S/C10H16N8O/c1-3-10(2,4-19)17-8-14-7(11)15-9(16-8)18-6-12-5-13-18/h5-6,19H,3-4H2,1-2H3,(H3,11,14,15,16,17). The molecule has 102 valence electrons. The van der Waals surface area contributed by atoms with E-state index >= 15 is 0 Å². The minimum Gasteiger partial charge on any atom is -0.394 e. The van der Waals surface area contributed by atoms with Crippen molar-refractivity contribution in [2.24, 2.45) is 0 Å². The first-order valence-electron chi connectivity index (χ1n) is 5.82. The van der Waals surface area contributed by atoms with Gasteiger partial charge in [0.25, 0.3) is 5.95 Å². The largest absolute Gasteiger partial charge is 0.394 e. The Bertz CT molecular complexity index is 536. The van der Waals surface area contributed by atoms with Gasteiger partial charge in [0.05, 0.1) is 12.1 Å². The molecule has 0 aliphatic heterocycles. The van der Waals surface area contributed by atoms with E-state index in [1.807, 2.05) is 13.8 Å². The molecule has 9 heteroatoms. The van der Waals surface area contributed by atoms with Crippen LogP contribution < -0.4 is 11.1 Å². The molecule has 0 spiro atoms. The van der Waals surface area contributed by atoms with Crippen molar-refractivity contribution in [1.29, 1.82) is 0 Å². The molecule has 0 saturated carbocycles. The molecule has 0 aliphatic carbocycles. The summed E-state index contributed by atoms with van der Waals surface area (Å²) < 4.78 is 1.38. The van der Waals surface area contributed by atoms with Crippen molar-refractivity contribution in [2.45, 2.75) is 25.8 Å². The van der Waals surface area contributed by atoms with Crippen molar-refractivity contribution in [3.8, 4) is 5.95 Å². The van der Waals surface area contributed by atoms with Crippen LogP contribution in [0.5, 0.6) is 0 Å². The summed E-state index contributed by atoms with van der Waals surface area (Å²) in [6.45, 7) is 3.77. The average molecular weight is 264 g/mol. The molecule has 0 radical (unpaired) electrons. The number of rotatable bonds is 5. The third-order valence-electron chi connectivity index (χ3n) is 2.81. The maximum absolute atomic E-state index is 9.38. The Labute approximate surface area is 109 Å². The summed E-state index contributed by atoms with van der Waals surface area (Å²) in [5.41, 5.74) is 5.12. The Kier molecular flexibility index (Phi) is 3.56. The van der Waals surface area contributed by atoms with Gasteiger partial charge in [0.2, 0.25) is 11.9 Å². The van der Waals surface area contributed by atoms with Gasteiger partial charge in [-0.2, -0.15) is 24.7 Å². The minimum absolute atomic E-state index is 0.0479. The molecule has 2 rings (SSSR count). The van der Waals surface area contributed by atoms with Crippen LogP contribution in [0, 0.1) is 0 Å². The van der Waals surface area contributed by atoms with E-state index in [1.165, 1.54) is 17.3 Å². The third kappa shape index (κ3) is 2.94. The molecule has 0 bridgehead atoms. The number of nitrogens with zero attached hydrogens (tertiary/aromatic N) is 6. The number of aliphatic hydroxyl groups excluding tert-OH is 1. The first kappa shape index (κ1) is 13.1. The van der Waals surface area contributed by atoms with Crippen LogP contribution in [-0.4, -0.2) is 47.0 Å². The molecular formula is C10H16N8O. The SMILES string of the molecule is CCC(C)(CO)Nc1nc(N)nc(-n2cncn2)n1. The predicted octanol–water partition coefficient (Wildman–Crippen LogP) is -0.393. The fraction of sp³-hybridized carbons (Fsp3) is 0.500. The highest BCUT2D eigenvalue weighted by Crippen LogP contribution is 2.15. The highest BCUT2D eigenvalue weighted by Gasteiger charge is 2.22. The van der Waals surface area contributed by atoms with Crippen LogP contribution in [0.15, 0.2) is 12.7 Å². The van der Waals surface area contributed by atoms with E-state index in [1.54, 1.807) is 0 Å². The number of aromatic nitrogens is 6. The highest BCUT2D eigenvalue weighted by atomic mass is 16.3. The van der Waals surface area contributed by atoms with Crippen LogP contribution in [0.2, 0.25) is 0 Å². The topological polar surface area (TPSA) is 128 Å². The second-order valence-corrected chi connectivity index (χ2v) is 4.35. The molecular weight excluding hydrogens is 248 g/mol. The lowest BCUT2D eigenvalue weighted by Gasteiger charge is -2.27. The fourth-order valence-corrected chi connectivity index (χ4v) is 1.36. The molecule has 19 heavy (non-hydrogen) atoms. The zero-order valence-electron chi connectivity index (χ0n) is 10.8. The lowest BCUT2D eigenvalue weighted by Crippen LogP contribution is -2.38. The van der Waals surface area contributed by atoms with E-state index in [-0.39, 0.29) is 24.5 Å². The molecule has 4 N–H and O–H groups in total. The molecule has 2 aromatic heterocycles. The Morgan fingerprint density at radius 2 is 2.21 bits per heavy atom. The van der Waals surface area contributed by atoms with Crippen LogP contribution in [0.3, 0.4) is 0 Å². The average Bonchev–Trinajstić information content (AvgIpc) is 2.92. The van der Waals surface area contributed by atoms with Crippen molar-refractivity contribution < 1.29 is 5.11 Å². The lowest BCUT2D eigenvalue weighted by molar-refractivity contribution is 0.218. The van der Waals surface area contributed by atoms with E-state index in [2.05, 4.69) is 30.4 Å². The number of nitrogens with two attached hydrogens (primary N) is 1. The Morgan fingerprint density at radius 1 is 1.42 bits per heavy atom. The van der Waals surface area contributed by atoms with Gasteiger partial charge < -0.3 is 16.2 Å². The summed E-state index contributed by atoms with van der Waals surface area (Å²) in [5, 5.41) is 16.3. The minimum atomic E-state index is -0.520. The Balaban J connectivity index is 2.32. The van der Waals surface area contributed by atoms with Crippen molar-refractivity contribution >= 4 is 11.9 Å². The lowest BCUT2D eigenvalue weighted by atomic mass is 10.0. The Morgan fingerprint density at radius 3 is 2.79 bits per heavy atom. The maximum atomic E-state index is 9.38. The molecule has 9 nitrogen and oxygen atoms in total. The highest BCUT2D eigenvalue weighted by molar-refractivity contribution is 5.36.